The highest BCUT2D eigenvalue weighted by Crippen LogP contribution is 2.30. The molecule has 1 unspecified atom stereocenters. The molecule has 0 bridgehead atoms. The Hall–Kier alpha value is -1.13. The Labute approximate surface area is 126 Å². The molecular weight excluding hydrogens is 326 g/mol. The zero-order chi connectivity index (χ0) is 13.7. The van der Waals surface area contributed by atoms with Crippen molar-refractivity contribution >= 4 is 33.3 Å². The average molecular weight is 341 g/mol. The monoisotopic (exact) mass is 339 g/mol. The molecule has 0 amide bonds. The van der Waals surface area contributed by atoms with Crippen molar-refractivity contribution < 1.29 is 0 Å². The summed E-state index contributed by atoms with van der Waals surface area (Å²) in [6, 6.07) is 10.3. The molecule has 100 valence electrons. The summed E-state index contributed by atoms with van der Waals surface area (Å²) in [5.74, 6) is 0.689. The summed E-state index contributed by atoms with van der Waals surface area (Å²) in [6.45, 7) is 2.78. The summed E-state index contributed by atoms with van der Waals surface area (Å²) in [7, 11) is 0. The second kappa shape index (κ2) is 6.87. The van der Waals surface area contributed by atoms with Crippen LogP contribution in [-0.2, 0) is 6.42 Å². The normalized spacial score (nSPS) is 12.2. The number of nitrogens with one attached hydrogen (secondary N) is 1. The SMILES string of the molecule is CC(Br)c1ncnc(NCCc2ccccc2)c1Cl. The van der Waals surface area contributed by atoms with Crippen molar-refractivity contribution in [3.63, 3.8) is 0 Å². The van der Waals surface area contributed by atoms with E-state index in [0.29, 0.717) is 10.8 Å². The number of nitrogens with zero attached hydrogens (tertiary/aromatic N) is 2. The van der Waals surface area contributed by atoms with E-state index in [4.69, 9.17) is 11.6 Å². The van der Waals surface area contributed by atoms with E-state index in [1.807, 2.05) is 25.1 Å². The summed E-state index contributed by atoms with van der Waals surface area (Å²) >= 11 is 9.74. The number of halogens is 2. The van der Waals surface area contributed by atoms with Crippen molar-refractivity contribution in [2.75, 3.05) is 11.9 Å². The third-order valence-electron chi connectivity index (χ3n) is 2.74. The predicted molar refractivity (Wildman–Crippen MR) is 83.0 cm³/mol. The first-order chi connectivity index (χ1) is 9.18. The van der Waals surface area contributed by atoms with Gasteiger partial charge in [-0.05, 0) is 18.9 Å². The van der Waals surface area contributed by atoms with Gasteiger partial charge in [0.1, 0.15) is 17.2 Å². The fourth-order valence-corrected chi connectivity index (χ4v) is 2.56. The zero-order valence-electron chi connectivity index (χ0n) is 10.6. The molecule has 2 aromatic rings. The molecule has 1 aromatic carbocycles. The Morgan fingerprint density at radius 3 is 2.68 bits per heavy atom. The highest BCUT2D eigenvalue weighted by molar-refractivity contribution is 9.09. The molecule has 3 nitrogen and oxygen atoms in total. The predicted octanol–water partition coefficient (Wildman–Crippen LogP) is 4.24. The first-order valence-electron chi connectivity index (χ1n) is 6.10. The second-order valence-electron chi connectivity index (χ2n) is 4.20. The molecule has 19 heavy (non-hydrogen) atoms. The van der Waals surface area contributed by atoms with Gasteiger partial charge in [0.2, 0.25) is 0 Å². The minimum absolute atomic E-state index is 0.109. The Bertz CT molecular complexity index is 531. The third-order valence-corrected chi connectivity index (χ3v) is 3.55. The van der Waals surface area contributed by atoms with Crippen molar-refractivity contribution in [3.8, 4) is 0 Å². The van der Waals surface area contributed by atoms with Crippen molar-refractivity contribution in [1.29, 1.82) is 0 Å². The van der Waals surface area contributed by atoms with Gasteiger partial charge in [-0.15, -0.1) is 0 Å². The fraction of sp³-hybridized carbons (Fsp3) is 0.286. The largest absolute Gasteiger partial charge is 0.368 e. The van der Waals surface area contributed by atoms with E-state index >= 15 is 0 Å². The van der Waals surface area contributed by atoms with Crippen LogP contribution in [0.25, 0.3) is 0 Å². The lowest BCUT2D eigenvalue weighted by molar-refractivity contribution is 0.964. The molecule has 0 spiro atoms. The molecule has 1 N–H and O–H groups in total. The molecule has 0 fully saturated rings. The van der Waals surface area contributed by atoms with E-state index in [9.17, 15) is 0 Å². The molecule has 0 aliphatic rings. The molecule has 5 heteroatoms. The highest BCUT2D eigenvalue weighted by Gasteiger charge is 2.12. The average Bonchev–Trinajstić information content (AvgIpc) is 2.41. The fourth-order valence-electron chi connectivity index (χ4n) is 1.75. The summed E-state index contributed by atoms with van der Waals surface area (Å²) in [4.78, 5) is 8.46. The summed E-state index contributed by atoms with van der Waals surface area (Å²) in [6.07, 6.45) is 2.46. The number of anilines is 1. The molecule has 2 rings (SSSR count). The van der Waals surface area contributed by atoms with Crippen molar-refractivity contribution in [3.05, 3.63) is 52.9 Å². The number of hydrogen-bond acceptors (Lipinski definition) is 3. The maximum atomic E-state index is 6.27. The van der Waals surface area contributed by atoms with Crippen LogP contribution in [0.4, 0.5) is 5.82 Å². The van der Waals surface area contributed by atoms with E-state index in [-0.39, 0.29) is 4.83 Å². The van der Waals surface area contributed by atoms with Crippen LogP contribution in [-0.4, -0.2) is 16.5 Å². The Balaban J connectivity index is 1.98. The topological polar surface area (TPSA) is 37.8 Å². The first-order valence-corrected chi connectivity index (χ1v) is 7.40. The van der Waals surface area contributed by atoms with E-state index in [1.54, 1.807) is 0 Å². The molecule has 1 atom stereocenters. The number of rotatable bonds is 5. The van der Waals surface area contributed by atoms with Crippen LogP contribution in [0, 0.1) is 0 Å². The molecule has 0 aliphatic heterocycles. The van der Waals surface area contributed by atoms with Crippen LogP contribution >= 0.6 is 27.5 Å². The number of benzene rings is 1. The van der Waals surface area contributed by atoms with E-state index in [0.717, 1.165) is 18.7 Å². The van der Waals surface area contributed by atoms with Crippen LogP contribution < -0.4 is 5.32 Å². The van der Waals surface area contributed by atoms with Gasteiger partial charge >= 0.3 is 0 Å². The van der Waals surface area contributed by atoms with Crippen LogP contribution in [0.5, 0.6) is 0 Å². The van der Waals surface area contributed by atoms with Crippen LogP contribution in [0.2, 0.25) is 5.02 Å². The first kappa shape index (κ1) is 14.3. The zero-order valence-corrected chi connectivity index (χ0v) is 12.9. The quantitative estimate of drug-likeness (QED) is 0.827. The minimum atomic E-state index is 0.109. The molecule has 0 saturated heterocycles. The summed E-state index contributed by atoms with van der Waals surface area (Å²) in [5.41, 5.74) is 2.09. The Morgan fingerprint density at radius 1 is 1.26 bits per heavy atom. The van der Waals surface area contributed by atoms with Crippen molar-refractivity contribution in [2.45, 2.75) is 18.2 Å². The van der Waals surface area contributed by atoms with Gasteiger partial charge in [-0.25, -0.2) is 9.97 Å². The van der Waals surface area contributed by atoms with Gasteiger partial charge in [0.25, 0.3) is 0 Å². The van der Waals surface area contributed by atoms with Gasteiger partial charge in [0, 0.05) is 6.54 Å². The lowest BCUT2D eigenvalue weighted by Crippen LogP contribution is -2.08. The standard InChI is InChI=1S/C14H15BrClN3/c1-10(15)13-12(16)14(19-9-18-13)17-8-7-11-5-3-2-4-6-11/h2-6,9-10H,7-8H2,1H3,(H,17,18,19). The molecule has 0 saturated carbocycles. The molecule has 0 aliphatic carbocycles. The lowest BCUT2D eigenvalue weighted by atomic mass is 10.1. The Kier molecular flexibility index (Phi) is 5.16. The van der Waals surface area contributed by atoms with Crippen molar-refractivity contribution in [2.24, 2.45) is 0 Å². The molecule has 1 aromatic heterocycles. The van der Waals surface area contributed by atoms with Crippen LogP contribution in [0.15, 0.2) is 36.7 Å². The van der Waals surface area contributed by atoms with E-state index < -0.39 is 0 Å². The summed E-state index contributed by atoms with van der Waals surface area (Å²) < 4.78 is 0. The smallest absolute Gasteiger partial charge is 0.148 e. The maximum absolute atomic E-state index is 6.27. The Morgan fingerprint density at radius 2 is 2.00 bits per heavy atom. The van der Waals surface area contributed by atoms with Crippen LogP contribution in [0.3, 0.4) is 0 Å². The van der Waals surface area contributed by atoms with Gasteiger partial charge in [0.05, 0.1) is 10.5 Å². The van der Waals surface area contributed by atoms with Gasteiger partial charge in [-0.3, -0.25) is 0 Å². The number of hydrogen-bond donors (Lipinski definition) is 1. The number of alkyl halides is 1. The van der Waals surface area contributed by atoms with Gasteiger partial charge < -0.3 is 5.32 Å². The van der Waals surface area contributed by atoms with Crippen molar-refractivity contribution in [1.82, 2.24) is 9.97 Å². The van der Waals surface area contributed by atoms with Gasteiger partial charge in [0.15, 0.2) is 0 Å². The van der Waals surface area contributed by atoms with Gasteiger partial charge in [-0.1, -0.05) is 57.9 Å². The van der Waals surface area contributed by atoms with Gasteiger partial charge in [-0.2, -0.15) is 0 Å². The minimum Gasteiger partial charge on any atom is -0.368 e. The molecule has 0 radical (unpaired) electrons. The second-order valence-corrected chi connectivity index (χ2v) is 5.95. The van der Waals surface area contributed by atoms with Crippen LogP contribution in [0.1, 0.15) is 23.0 Å². The third kappa shape index (κ3) is 3.91. The number of aromatic nitrogens is 2. The maximum Gasteiger partial charge on any atom is 0.148 e. The summed E-state index contributed by atoms with van der Waals surface area (Å²) in [5, 5.41) is 3.84. The van der Waals surface area contributed by atoms with E-state index in [1.165, 1.54) is 11.9 Å². The highest BCUT2D eigenvalue weighted by atomic mass is 79.9. The lowest BCUT2D eigenvalue weighted by Gasteiger charge is -2.11. The molecule has 1 heterocycles. The molecular formula is C14H15BrClN3. The van der Waals surface area contributed by atoms with E-state index in [2.05, 4.69) is 43.3 Å².